The Balaban J connectivity index is 2.30. The first-order valence-electron chi connectivity index (χ1n) is 7.60. The van der Waals surface area contributed by atoms with Crippen LogP contribution in [0.3, 0.4) is 0 Å². The first-order valence-corrected chi connectivity index (χ1v) is 8.83. The summed E-state index contributed by atoms with van der Waals surface area (Å²) in [6, 6.07) is 6.25. The van der Waals surface area contributed by atoms with Crippen molar-refractivity contribution in [3.63, 3.8) is 0 Å². The summed E-state index contributed by atoms with van der Waals surface area (Å²) >= 11 is 6.32. The number of methoxy groups -OCH3 is 1. The molecule has 1 aliphatic rings. The fourth-order valence-corrected chi connectivity index (χ4v) is 3.77. The lowest BCUT2D eigenvalue weighted by molar-refractivity contribution is -0.310. The monoisotopic (exact) mass is 364 g/mol. The number of para-hydroxylation sites is 1. The van der Waals surface area contributed by atoms with E-state index in [1.54, 1.807) is 19.3 Å². The van der Waals surface area contributed by atoms with Crippen molar-refractivity contribution in [2.24, 2.45) is 0 Å². The van der Waals surface area contributed by atoms with Crippen molar-refractivity contribution < 1.29 is 19.4 Å². The molecule has 0 bridgehead atoms. The lowest BCUT2D eigenvalue weighted by atomic mass is 10.1. The molecule has 0 N–H and O–H groups in total. The summed E-state index contributed by atoms with van der Waals surface area (Å²) in [7, 11) is 1.55. The van der Waals surface area contributed by atoms with Crippen LogP contribution in [-0.2, 0) is 9.59 Å². The predicted molar refractivity (Wildman–Crippen MR) is 96.3 cm³/mol. The number of carbonyl (C=O) groups excluding carboxylic acids is 2. The number of aliphatic carboxylic acids is 1. The van der Waals surface area contributed by atoms with Crippen LogP contribution < -0.4 is 9.84 Å². The van der Waals surface area contributed by atoms with Crippen LogP contribution in [-0.4, -0.2) is 34.2 Å². The molecule has 1 amide bonds. The Kier molecular flexibility index (Phi) is 6.39. The quantitative estimate of drug-likeness (QED) is 0.546. The predicted octanol–water partition coefficient (Wildman–Crippen LogP) is 2.21. The van der Waals surface area contributed by atoms with E-state index in [0.29, 0.717) is 23.5 Å². The maximum Gasteiger partial charge on any atom is 0.266 e. The van der Waals surface area contributed by atoms with E-state index < -0.39 is 17.9 Å². The minimum atomic E-state index is -1.28. The SMILES string of the molecule is CCCC[C@@H](C(=O)[O-])N1C(=O)/C(=C/c2ccccc2OC)SC1=S. The Hall–Kier alpha value is -1.86. The van der Waals surface area contributed by atoms with Crippen LogP contribution in [0.5, 0.6) is 5.75 Å². The number of carbonyl (C=O) groups is 2. The second-order valence-corrected chi connectivity index (χ2v) is 6.95. The van der Waals surface area contributed by atoms with Crippen LogP contribution in [0.4, 0.5) is 0 Å². The third-order valence-electron chi connectivity index (χ3n) is 3.66. The fraction of sp³-hybridized carbons (Fsp3) is 0.353. The highest BCUT2D eigenvalue weighted by atomic mass is 32.2. The Morgan fingerprint density at radius 2 is 2.17 bits per heavy atom. The van der Waals surface area contributed by atoms with Gasteiger partial charge in [-0.1, -0.05) is 61.9 Å². The Labute approximate surface area is 150 Å². The van der Waals surface area contributed by atoms with Gasteiger partial charge in [-0.3, -0.25) is 9.69 Å². The van der Waals surface area contributed by atoms with E-state index >= 15 is 0 Å². The summed E-state index contributed by atoms with van der Waals surface area (Å²) in [6.45, 7) is 1.96. The van der Waals surface area contributed by atoms with Crippen molar-refractivity contribution in [3.05, 3.63) is 34.7 Å². The molecule has 0 aromatic heterocycles. The van der Waals surface area contributed by atoms with Crippen LogP contribution in [0.25, 0.3) is 6.08 Å². The zero-order chi connectivity index (χ0) is 17.7. The normalized spacial score (nSPS) is 17.4. The van der Waals surface area contributed by atoms with Crippen molar-refractivity contribution in [3.8, 4) is 5.75 Å². The van der Waals surface area contributed by atoms with Gasteiger partial charge in [-0.2, -0.15) is 0 Å². The number of thiocarbonyl (C=S) groups is 1. The number of hydrogen-bond donors (Lipinski definition) is 0. The Morgan fingerprint density at radius 1 is 1.46 bits per heavy atom. The number of ether oxygens (including phenoxy) is 1. The average Bonchev–Trinajstić information content (AvgIpc) is 2.83. The van der Waals surface area contributed by atoms with Gasteiger partial charge in [0.1, 0.15) is 10.1 Å². The van der Waals surface area contributed by atoms with E-state index in [0.717, 1.165) is 28.6 Å². The minimum Gasteiger partial charge on any atom is -0.548 e. The maximum absolute atomic E-state index is 12.6. The minimum absolute atomic E-state index is 0.242. The van der Waals surface area contributed by atoms with Crippen molar-refractivity contribution in [1.29, 1.82) is 0 Å². The number of amides is 1. The molecule has 0 saturated carbocycles. The van der Waals surface area contributed by atoms with E-state index in [9.17, 15) is 14.7 Å². The summed E-state index contributed by atoms with van der Waals surface area (Å²) in [4.78, 5) is 25.6. The van der Waals surface area contributed by atoms with Gasteiger partial charge in [0.2, 0.25) is 0 Å². The van der Waals surface area contributed by atoms with Crippen LogP contribution in [0.15, 0.2) is 29.2 Å². The Bertz CT molecular complexity index is 687. The fourth-order valence-electron chi connectivity index (χ4n) is 2.43. The number of carboxylic acid groups (broad SMARTS) is 1. The number of unbranched alkanes of at least 4 members (excludes halogenated alkanes) is 1. The molecular formula is C17H18NO4S2-. The lowest BCUT2D eigenvalue weighted by Gasteiger charge is -2.27. The second-order valence-electron chi connectivity index (χ2n) is 5.27. The van der Waals surface area contributed by atoms with Crippen molar-refractivity contribution in [1.82, 2.24) is 4.90 Å². The molecule has 1 atom stereocenters. The highest BCUT2D eigenvalue weighted by molar-refractivity contribution is 8.26. The van der Waals surface area contributed by atoms with E-state index in [2.05, 4.69) is 0 Å². The van der Waals surface area contributed by atoms with Gasteiger partial charge in [0.25, 0.3) is 5.91 Å². The molecule has 1 aromatic rings. The van der Waals surface area contributed by atoms with Gasteiger partial charge in [0.05, 0.1) is 24.0 Å². The van der Waals surface area contributed by atoms with Crippen LogP contribution >= 0.6 is 24.0 Å². The molecule has 0 unspecified atom stereocenters. The molecule has 128 valence electrons. The summed E-state index contributed by atoms with van der Waals surface area (Å²) in [6.07, 6.45) is 3.51. The molecule has 0 radical (unpaired) electrons. The summed E-state index contributed by atoms with van der Waals surface area (Å²) < 4.78 is 5.51. The van der Waals surface area contributed by atoms with Crippen LogP contribution in [0.1, 0.15) is 31.7 Å². The number of benzene rings is 1. The van der Waals surface area contributed by atoms with Gasteiger partial charge < -0.3 is 14.6 Å². The third kappa shape index (κ3) is 3.96. The molecule has 2 rings (SSSR count). The second kappa shape index (κ2) is 8.30. The van der Waals surface area contributed by atoms with Crippen molar-refractivity contribution in [2.45, 2.75) is 32.2 Å². The van der Waals surface area contributed by atoms with E-state index in [1.807, 2.05) is 25.1 Å². The molecule has 1 aliphatic heterocycles. The van der Waals surface area contributed by atoms with Crippen LogP contribution in [0, 0.1) is 0 Å². The first kappa shape index (κ1) is 18.5. The van der Waals surface area contributed by atoms with Gasteiger partial charge >= 0.3 is 0 Å². The molecule has 1 aromatic carbocycles. The largest absolute Gasteiger partial charge is 0.548 e. The van der Waals surface area contributed by atoms with Crippen molar-refractivity contribution >= 4 is 46.3 Å². The summed E-state index contributed by atoms with van der Waals surface area (Å²) in [5.74, 6) is -1.05. The van der Waals surface area contributed by atoms with E-state index in [1.165, 1.54) is 0 Å². The highest BCUT2D eigenvalue weighted by Crippen LogP contribution is 2.36. The number of carboxylic acids is 1. The summed E-state index contributed by atoms with van der Waals surface area (Å²) in [5.41, 5.74) is 0.735. The third-order valence-corrected chi connectivity index (χ3v) is 4.99. The van der Waals surface area contributed by atoms with E-state index in [4.69, 9.17) is 17.0 Å². The number of nitrogens with zero attached hydrogens (tertiary/aromatic N) is 1. The lowest BCUT2D eigenvalue weighted by Crippen LogP contribution is -2.49. The maximum atomic E-state index is 12.6. The number of thioether (sulfide) groups is 1. The molecule has 7 heteroatoms. The van der Waals surface area contributed by atoms with Crippen molar-refractivity contribution in [2.75, 3.05) is 7.11 Å². The topological polar surface area (TPSA) is 69.7 Å². The molecule has 0 spiro atoms. The molecule has 24 heavy (non-hydrogen) atoms. The molecule has 5 nitrogen and oxygen atoms in total. The zero-order valence-electron chi connectivity index (χ0n) is 13.5. The number of hydrogen-bond acceptors (Lipinski definition) is 6. The number of rotatable bonds is 7. The zero-order valence-corrected chi connectivity index (χ0v) is 15.1. The van der Waals surface area contributed by atoms with Gasteiger partial charge in [0, 0.05) is 5.56 Å². The average molecular weight is 364 g/mol. The molecule has 1 saturated heterocycles. The van der Waals surface area contributed by atoms with Gasteiger partial charge in [0.15, 0.2) is 0 Å². The first-order chi connectivity index (χ1) is 11.5. The highest BCUT2D eigenvalue weighted by Gasteiger charge is 2.37. The molecule has 1 fully saturated rings. The summed E-state index contributed by atoms with van der Waals surface area (Å²) in [5, 5.41) is 11.4. The Morgan fingerprint density at radius 3 is 2.79 bits per heavy atom. The smallest absolute Gasteiger partial charge is 0.266 e. The molecule has 0 aliphatic carbocycles. The van der Waals surface area contributed by atoms with Gasteiger partial charge in [-0.05, 0) is 18.6 Å². The molecular weight excluding hydrogens is 346 g/mol. The van der Waals surface area contributed by atoms with E-state index in [-0.39, 0.29) is 4.32 Å². The van der Waals surface area contributed by atoms with Gasteiger partial charge in [-0.15, -0.1) is 0 Å². The standard InChI is InChI=1S/C17H19NO4S2/c1-3-4-8-12(16(20)21)18-15(19)14(24-17(18)23)10-11-7-5-6-9-13(11)22-2/h5-7,9-10,12H,3-4,8H2,1-2H3,(H,20,21)/p-1/b14-10-/t12-/m0/s1. The van der Waals surface area contributed by atoms with Gasteiger partial charge in [-0.25, -0.2) is 0 Å². The van der Waals surface area contributed by atoms with Crippen LogP contribution in [0.2, 0.25) is 0 Å². The molecule has 1 heterocycles.